The molecule has 0 radical (unpaired) electrons. The molecule has 7 rings (SSSR count). The summed E-state index contributed by atoms with van der Waals surface area (Å²) in [7, 11) is 0. The van der Waals surface area contributed by atoms with Crippen molar-refractivity contribution in [2.75, 3.05) is 29.9 Å². The Morgan fingerprint density at radius 2 is 1.75 bits per heavy atom. The van der Waals surface area contributed by atoms with Crippen molar-refractivity contribution in [3.05, 3.63) is 83.9 Å². The fraction of sp³-hybridized carbons (Fsp3) is 0.457. The van der Waals surface area contributed by atoms with Gasteiger partial charge in [-0.3, -0.25) is 4.57 Å². The van der Waals surface area contributed by atoms with Crippen LogP contribution in [0.2, 0.25) is 0 Å². The van der Waals surface area contributed by atoms with Gasteiger partial charge in [-0.05, 0) is 50.5 Å². The molecule has 5 aromatic rings. The summed E-state index contributed by atoms with van der Waals surface area (Å²) in [4.78, 5) is 30.5. The SMILES string of the molecule is CCn1nnc([C@H]2O[C@@H](n3cnc4c(NCC(c5ccccc5)c5ccccc5)nc(N5CC[C@@H](NC(=O)OC(C)(C)C)C5)nc43)[C@H](O)[C@@H]2O)n1. The summed E-state index contributed by atoms with van der Waals surface area (Å²) in [6, 6.07) is 20.3. The number of benzene rings is 2. The van der Waals surface area contributed by atoms with E-state index in [4.69, 9.17) is 19.4 Å². The molecule has 0 aliphatic carbocycles. The Labute approximate surface area is 294 Å². The third kappa shape index (κ3) is 7.34. The number of aliphatic hydroxyl groups is 2. The van der Waals surface area contributed by atoms with Crippen LogP contribution in [0.3, 0.4) is 0 Å². The van der Waals surface area contributed by atoms with Crippen molar-refractivity contribution in [1.29, 1.82) is 0 Å². The number of amides is 1. The Morgan fingerprint density at radius 3 is 2.39 bits per heavy atom. The van der Waals surface area contributed by atoms with Crippen molar-refractivity contribution >= 4 is 29.0 Å². The lowest BCUT2D eigenvalue weighted by molar-refractivity contribution is -0.0384. The Balaban J connectivity index is 1.22. The lowest BCUT2D eigenvalue weighted by Gasteiger charge is -2.23. The van der Waals surface area contributed by atoms with Gasteiger partial charge in [0.2, 0.25) is 11.8 Å². The van der Waals surface area contributed by atoms with Crippen molar-refractivity contribution in [2.45, 2.75) is 82.8 Å². The van der Waals surface area contributed by atoms with Crippen LogP contribution < -0.4 is 15.5 Å². The summed E-state index contributed by atoms with van der Waals surface area (Å²) in [5.74, 6) is 1.07. The van der Waals surface area contributed by atoms with Crippen molar-refractivity contribution in [1.82, 2.24) is 45.0 Å². The van der Waals surface area contributed by atoms with Gasteiger partial charge < -0.3 is 35.2 Å². The van der Waals surface area contributed by atoms with Gasteiger partial charge in [-0.15, -0.1) is 10.2 Å². The predicted molar refractivity (Wildman–Crippen MR) is 187 cm³/mol. The second-order valence-corrected chi connectivity index (χ2v) is 13.8. The van der Waals surface area contributed by atoms with E-state index in [1.165, 1.54) is 11.1 Å². The van der Waals surface area contributed by atoms with Gasteiger partial charge in [-0.2, -0.15) is 14.8 Å². The highest BCUT2D eigenvalue weighted by Crippen LogP contribution is 2.39. The summed E-state index contributed by atoms with van der Waals surface area (Å²) in [6.45, 7) is 9.37. The molecule has 1 amide bonds. The molecule has 2 fully saturated rings. The molecule has 3 aromatic heterocycles. The molecule has 2 aliphatic heterocycles. The highest BCUT2D eigenvalue weighted by Gasteiger charge is 2.47. The van der Waals surface area contributed by atoms with Gasteiger partial charge >= 0.3 is 6.09 Å². The van der Waals surface area contributed by atoms with Crippen LogP contribution in [0.5, 0.6) is 0 Å². The van der Waals surface area contributed by atoms with E-state index in [9.17, 15) is 15.0 Å². The lowest BCUT2D eigenvalue weighted by Crippen LogP contribution is -2.40. The zero-order chi connectivity index (χ0) is 35.7. The molecular formula is C35H43N11O5. The van der Waals surface area contributed by atoms with Crippen LogP contribution in [0, 0.1) is 0 Å². The number of alkyl carbamates (subject to hydrolysis) is 1. The number of nitrogens with zero attached hydrogens (tertiary/aromatic N) is 9. The first-order valence-corrected chi connectivity index (χ1v) is 17.2. The van der Waals surface area contributed by atoms with E-state index in [-0.39, 0.29) is 17.8 Å². The van der Waals surface area contributed by atoms with Crippen molar-refractivity contribution in [2.24, 2.45) is 0 Å². The van der Waals surface area contributed by atoms with E-state index in [2.05, 4.69) is 55.3 Å². The topological polar surface area (TPSA) is 190 Å². The monoisotopic (exact) mass is 697 g/mol. The molecule has 2 saturated heterocycles. The molecule has 5 heterocycles. The van der Waals surface area contributed by atoms with Gasteiger partial charge in [0.25, 0.3) is 0 Å². The normalized spacial score (nSPS) is 22.2. The molecule has 2 aromatic carbocycles. The summed E-state index contributed by atoms with van der Waals surface area (Å²) in [5, 5.41) is 41.1. The minimum absolute atomic E-state index is 0.00271. The molecule has 268 valence electrons. The molecule has 16 heteroatoms. The number of hydrogen-bond acceptors (Lipinski definition) is 13. The molecular weight excluding hydrogens is 654 g/mol. The van der Waals surface area contributed by atoms with E-state index in [1.807, 2.05) is 69.0 Å². The first-order valence-electron chi connectivity index (χ1n) is 17.2. The van der Waals surface area contributed by atoms with Gasteiger partial charge in [-0.1, -0.05) is 60.7 Å². The number of nitrogens with one attached hydrogen (secondary N) is 2. The molecule has 0 saturated carbocycles. The molecule has 5 atom stereocenters. The quantitative estimate of drug-likeness (QED) is 0.167. The first-order chi connectivity index (χ1) is 24.6. The number of rotatable bonds is 10. The number of tetrazole rings is 1. The number of aliphatic hydroxyl groups excluding tert-OH is 2. The maximum absolute atomic E-state index is 12.6. The zero-order valence-corrected chi connectivity index (χ0v) is 29.0. The average Bonchev–Trinajstić information content (AvgIpc) is 3.92. The third-order valence-corrected chi connectivity index (χ3v) is 9.00. The van der Waals surface area contributed by atoms with Crippen LogP contribution in [0.1, 0.15) is 69.3 Å². The van der Waals surface area contributed by atoms with Crippen LogP contribution in [0.25, 0.3) is 11.2 Å². The van der Waals surface area contributed by atoms with Crippen LogP contribution in [-0.2, 0) is 16.0 Å². The number of anilines is 2. The fourth-order valence-electron chi connectivity index (χ4n) is 6.49. The molecule has 0 spiro atoms. The van der Waals surface area contributed by atoms with Crippen LogP contribution in [0.15, 0.2) is 67.0 Å². The Kier molecular flexibility index (Phi) is 9.54. The van der Waals surface area contributed by atoms with Crippen LogP contribution >= 0.6 is 0 Å². The summed E-state index contributed by atoms with van der Waals surface area (Å²) in [5.41, 5.74) is 2.52. The largest absolute Gasteiger partial charge is 0.444 e. The van der Waals surface area contributed by atoms with E-state index >= 15 is 0 Å². The highest BCUT2D eigenvalue weighted by atomic mass is 16.6. The summed E-state index contributed by atoms with van der Waals surface area (Å²) in [6.07, 6.45) is -3.03. The fourth-order valence-corrected chi connectivity index (χ4v) is 6.49. The molecule has 4 N–H and O–H groups in total. The minimum Gasteiger partial charge on any atom is -0.444 e. The van der Waals surface area contributed by atoms with E-state index in [0.29, 0.717) is 55.5 Å². The second kappa shape index (κ2) is 14.2. The smallest absolute Gasteiger partial charge is 0.407 e. The maximum Gasteiger partial charge on any atom is 0.407 e. The number of imidazole rings is 1. The summed E-state index contributed by atoms with van der Waals surface area (Å²) < 4.78 is 13.3. The first kappa shape index (κ1) is 34.3. The third-order valence-electron chi connectivity index (χ3n) is 9.00. The highest BCUT2D eigenvalue weighted by molar-refractivity contribution is 5.84. The minimum atomic E-state index is -1.34. The van der Waals surface area contributed by atoms with Gasteiger partial charge in [0.05, 0.1) is 18.9 Å². The molecule has 0 bridgehead atoms. The van der Waals surface area contributed by atoms with Gasteiger partial charge in [0, 0.05) is 25.6 Å². The molecule has 0 unspecified atom stereocenters. The second-order valence-electron chi connectivity index (χ2n) is 13.8. The van der Waals surface area contributed by atoms with Crippen LogP contribution in [0.4, 0.5) is 16.6 Å². The Bertz CT molecular complexity index is 1910. The zero-order valence-electron chi connectivity index (χ0n) is 29.0. The lowest BCUT2D eigenvalue weighted by atomic mass is 9.91. The van der Waals surface area contributed by atoms with Crippen molar-refractivity contribution in [3.63, 3.8) is 0 Å². The molecule has 51 heavy (non-hydrogen) atoms. The number of carbonyl (C=O) groups excluding carboxylic acids is 1. The predicted octanol–water partition coefficient (Wildman–Crippen LogP) is 3.17. The Hall–Kier alpha value is -5.19. The van der Waals surface area contributed by atoms with Gasteiger partial charge in [-0.25, -0.2) is 9.78 Å². The number of aromatic nitrogens is 8. The standard InChI is InChI=1S/C35H43N11O5/c1-5-46-42-30(41-43-46)28-26(47)27(48)32(50-28)45-20-37-25-29(36-18-24(21-12-8-6-9-13-21)22-14-10-7-11-15-22)39-33(40-31(25)45)44-17-16-23(19-44)38-34(49)51-35(2,3)4/h6-15,20,23-24,26-28,32,47-48H,5,16-19H2,1-4H3,(H,38,49)(H,36,39,40)/t23-,26+,27-,28+,32-/m1/s1. The Morgan fingerprint density at radius 1 is 1.04 bits per heavy atom. The molecule has 2 aliphatic rings. The van der Waals surface area contributed by atoms with E-state index < -0.39 is 36.2 Å². The number of hydrogen-bond donors (Lipinski definition) is 4. The maximum atomic E-state index is 12.6. The number of fused-ring (bicyclic) bond motifs is 1. The van der Waals surface area contributed by atoms with Crippen LogP contribution in [-0.4, -0.2) is 99.5 Å². The number of ether oxygens (including phenoxy) is 2. The average molecular weight is 698 g/mol. The van der Waals surface area contributed by atoms with E-state index in [1.54, 1.807) is 4.57 Å². The van der Waals surface area contributed by atoms with Gasteiger partial charge in [0.1, 0.15) is 17.8 Å². The van der Waals surface area contributed by atoms with E-state index in [0.717, 1.165) is 11.1 Å². The molecule has 16 nitrogen and oxygen atoms in total. The summed E-state index contributed by atoms with van der Waals surface area (Å²) >= 11 is 0. The number of aryl methyl sites for hydroxylation is 1. The van der Waals surface area contributed by atoms with Crippen molar-refractivity contribution in [3.8, 4) is 0 Å². The van der Waals surface area contributed by atoms with Gasteiger partial charge in [0.15, 0.2) is 29.3 Å². The van der Waals surface area contributed by atoms with Crippen molar-refractivity contribution < 1.29 is 24.5 Å². The number of carbonyl (C=O) groups is 1.